The molecular weight excluding hydrogens is 408 g/mol. The maximum Gasteiger partial charge on any atom is 0.326 e. The molecule has 5 unspecified atom stereocenters. The molecule has 0 aromatic rings. The number of carbonyl (C=O) groups is 5. The second-order valence-corrected chi connectivity index (χ2v) is 8.37. The molecule has 0 bridgehead atoms. The van der Waals surface area contributed by atoms with Crippen molar-refractivity contribution in [1.29, 1.82) is 0 Å². The summed E-state index contributed by atoms with van der Waals surface area (Å²) in [5.41, 5.74) is 5.86. The van der Waals surface area contributed by atoms with Crippen LogP contribution in [0.2, 0.25) is 0 Å². The molecule has 11 nitrogen and oxygen atoms in total. The minimum atomic E-state index is -1.64. The lowest BCUT2D eigenvalue weighted by molar-refractivity contribution is -0.147. The molecule has 0 aromatic heterocycles. The van der Waals surface area contributed by atoms with E-state index in [2.05, 4.69) is 16.0 Å². The highest BCUT2D eigenvalue weighted by atomic mass is 16.4. The van der Waals surface area contributed by atoms with Crippen LogP contribution in [0.25, 0.3) is 0 Å². The van der Waals surface area contributed by atoms with Crippen molar-refractivity contribution in [1.82, 2.24) is 16.0 Å². The SMILES string of the molecule is CCC(C)C(NC(=O)C(N)C(C)C)C(=O)NC(C(=O)NC(CC(=O)O)C(=O)O)C(C)C. The van der Waals surface area contributed by atoms with Crippen molar-refractivity contribution in [2.24, 2.45) is 23.5 Å². The molecule has 0 aromatic carbocycles. The average molecular weight is 445 g/mol. The van der Waals surface area contributed by atoms with Crippen molar-refractivity contribution in [2.45, 2.75) is 78.6 Å². The van der Waals surface area contributed by atoms with Crippen LogP contribution in [0.5, 0.6) is 0 Å². The fourth-order valence-electron chi connectivity index (χ4n) is 2.67. The molecule has 0 saturated carbocycles. The standard InChI is InChI=1S/C20H36N4O7/c1-7-11(6)16(24-17(27)14(21)9(2)3)19(29)23-15(10(4)5)18(28)22-12(20(30)31)8-13(25)26/h9-12,14-16H,7-8,21H2,1-6H3,(H,22,28)(H,23,29)(H,24,27)(H,25,26)(H,30,31). The average Bonchev–Trinajstić information content (AvgIpc) is 2.66. The number of rotatable bonds is 13. The van der Waals surface area contributed by atoms with Gasteiger partial charge in [0, 0.05) is 0 Å². The zero-order valence-electron chi connectivity index (χ0n) is 19.0. The quantitative estimate of drug-likeness (QED) is 0.223. The first-order chi connectivity index (χ1) is 14.2. The summed E-state index contributed by atoms with van der Waals surface area (Å²) in [5.74, 6) is -5.67. The highest BCUT2D eigenvalue weighted by molar-refractivity contribution is 5.94. The third-order valence-corrected chi connectivity index (χ3v) is 5.05. The van der Waals surface area contributed by atoms with Crippen molar-refractivity contribution in [3.63, 3.8) is 0 Å². The first-order valence-electron chi connectivity index (χ1n) is 10.3. The van der Waals surface area contributed by atoms with Gasteiger partial charge in [-0.2, -0.15) is 0 Å². The Balaban J connectivity index is 5.51. The van der Waals surface area contributed by atoms with Crippen molar-refractivity contribution >= 4 is 29.7 Å². The van der Waals surface area contributed by atoms with Gasteiger partial charge in [0.05, 0.1) is 12.5 Å². The lowest BCUT2D eigenvalue weighted by Gasteiger charge is -2.29. The first kappa shape index (κ1) is 28.3. The summed E-state index contributed by atoms with van der Waals surface area (Å²) in [6.07, 6.45) is -0.244. The number of carboxylic acids is 2. The van der Waals surface area contributed by atoms with Gasteiger partial charge in [0.2, 0.25) is 17.7 Å². The number of carboxylic acid groups (broad SMARTS) is 2. The van der Waals surface area contributed by atoms with Crippen LogP contribution in [-0.4, -0.2) is 64.0 Å². The van der Waals surface area contributed by atoms with Crippen molar-refractivity contribution in [2.75, 3.05) is 0 Å². The second kappa shape index (κ2) is 12.9. The Kier molecular flexibility index (Phi) is 11.8. The molecule has 5 atom stereocenters. The largest absolute Gasteiger partial charge is 0.481 e. The second-order valence-electron chi connectivity index (χ2n) is 8.37. The molecule has 178 valence electrons. The molecule has 0 heterocycles. The van der Waals surface area contributed by atoms with E-state index < -0.39 is 66.2 Å². The van der Waals surface area contributed by atoms with Crippen molar-refractivity contribution in [3.05, 3.63) is 0 Å². The van der Waals surface area contributed by atoms with Gasteiger partial charge in [-0.25, -0.2) is 4.79 Å². The van der Waals surface area contributed by atoms with Crippen molar-refractivity contribution < 1.29 is 34.2 Å². The molecule has 0 spiro atoms. The number of hydrogen-bond donors (Lipinski definition) is 6. The predicted octanol–water partition coefficient (Wildman–Crippen LogP) is -0.314. The number of amides is 3. The first-order valence-corrected chi connectivity index (χ1v) is 10.3. The highest BCUT2D eigenvalue weighted by Gasteiger charge is 2.34. The van der Waals surface area contributed by atoms with E-state index in [1.807, 2.05) is 6.92 Å². The molecule has 0 saturated heterocycles. The Bertz CT molecular complexity index is 666. The van der Waals surface area contributed by atoms with Crippen LogP contribution in [0.4, 0.5) is 0 Å². The number of carbonyl (C=O) groups excluding carboxylic acids is 3. The number of nitrogens with one attached hydrogen (secondary N) is 3. The summed E-state index contributed by atoms with van der Waals surface area (Å²) in [5, 5.41) is 25.3. The van der Waals surface area contributed by atoms with E-state index in [1.165, 1.54) is 0 Å². The minimum Gasteiger partial charge on any atom is -0.481 e. The van der Waals surface area contributed by atoms with Gasteiger partial charge < -0.3 is 31.9 Å². The molecule has 0 rings (SSSR count). The van der Waals surface area contributed by atoms with E-state index in [0.717, 1.165) is 0 Å². The van der Waals surface area contributed by atoms with E-state index in [4.69, 9.17) is 15.9 Å². The van der Waals surface area contributed by atoms with Gasteiger partial charge in [0.15, 0.2) is 0 Å². The van der Waals surface area contributed by atoms with Crippen LogP contribution in [0, 0.1) is 17.8 Å². The number of hydrogen-bond acceptors (Lipinski definition) is 6. The summed E-state index contributed by atoms with van der Waals surface area (Å²) in [4.78, 5) is 60.0. The molecule has 7 N–H and O–H groups in total. The monoisotopic (exact) mass is 444 g/mol. The van der Waals surface area contributed by atoms with E-state index >= 15 is 0 Å². The smallest absolute Gasteiger partial charge is 0.326 e. The van der Waals surface area contributed by atoms with E-state index in [9.17, 15) is 24.0 Å². The number of nitrogens with two attached hydrogens (primary N) is 1. The Morgan fingerprint density at radius 1 is 0.774 bits per heavy atom. The molecule has 31 heavy (non-hydrogen) atoms. The van der Waals surface area contributed by atoms with Gasteiger partial charge in [0.25, 0.3) is 0 Å². The molecule has 0 aliphatic rings. The summed E-state index contributed by atoms with van der Waals surface area (Å²) in [7, 11) is 0. The van der Waals surface area contributed by atoms with Gasteiger partial charge in [0.1, 0.15) is 18.1 Å². The van der Waals surface area contributed by atoms with Crippen LogP contribution in [0.1, 0.15) is 54.4 Å². The summed E-state index contributed by atoms with van der Waals surface area (Å²) in [6.45, 7) is 10.4. The van der Waals surface area contributed by atoms with Crippen LogP contribution in [0.15, 0.2) is 0 Å². The Morgan fingerprint density at radius 2 is 1.26 bits per heavy atom. The summed E-state index contributed by atoms with van der Waals surface area (Å²) in [6, 6.07) is -4.54. The fraction of sp³-hybridized carbons (Fsp3) is 0.750. The van der Waals surface area contributed by atoms with Gasteiger partial charge in [-0.3, -0.25) is 19.2 Å². The predicted molar refractivity (Wildman–Crippen MR) is 113 cm³/mol. The van der Waals surface area contributed by atoms with Gasteiger partial charge >= 0.3 is 11.9 Å². The molecule has 11 heteroatoms. The molecular formula is C20H36N4O7. The maximum absolute atomic E-state index is 12.9. The third kappa shape index (κ3) is 9.33. The summed E-state index contributed by atoms with van der Waals surface area (Å²) >= 11 is 0. The Morgan fingerprint density at radius 3 is 1.65 bits per heavy atom. The molecule has 3 amide bonds. The van der Waals surface area contributed by atoms with Crippen LogP contribution < -0.4 is 21.7 Å². The normalized spacial score (nSPS) is 16.0. The Hall–Kier alpha value is -2.69. The minimum absolute atomic E-state index is 0.142. The molecule has 0 radical (unpaired) electrons. The Labute approximate surface area is 182 Å². The number of aliphatic carboxylic acids is 2. The van der Waals surface area contributed by atoms with Crippen molar-refractivity contribution in [3.8, 4) is 0 Å². The van der Waals surface area contributed by atoms with Gasteiger partial charge in [-0.1, -0.05) is 48.0 Å². The van der Waals surface area contributed by atoms with Crippen LogP contribution >= 0.6 is 0 Å². The maximum atomic E-state index is 12.9. The highest BCUT2D eigenvalue weighted by Crippen LogP contribution is 2.11. The van der Waals surface area contributed by atoms with E-state index in [0.29, 0.717) is 6.42 Å². The van der Waals surface area contributed by atoms with E-state index in [1.54, 1.807) is 34.6 Å². The zero-order valence-corrected chi connectivity index (χ0v) is 19.0. The zero-order chi connectivity index (χ0) is 24.5. The molecule has 0 fully saturated rings. The topological polar surface area (TPSA) is 188 Å². The van der Waals surface area contributed by atoms with Crippen LogP contribution in [0.3, 0.4) is 0 Å². The summed E-state index contributed by atoms with van der Waals surface area (Å²) < 4.78 is 0. The molecule has 0 aliphatic carbocycles. The lowest BCUT2D eigenvalue weighted by Crippen LogP contribution is -2.60. The molecule has 0 aliphatic heterocycles. The van der Waals surface area contributed by atoms with Gasteiger partial charge in [-0.05, 0) is 17.8 Å². The third-order valence-electron chi connectivity index (χ3n) is 5.05. The van der Waals surface area contributed by atoms with E-state index in [-0.39, 0.29) is 11.8 Å². The fourth-order valence-corrected chi connectivity index (χ4v) is 2.67. The van der Waals surface area contributed by atoms with Crippen LogP contribution in [-0.2, 0) is 24.0 Å². The lowest BCUT2D eigenvalue weighted by atomic mass is 9.95. The van der Waals surface area contributed by atoms with Gasteiger partial charge in [-0.15, -0.1) is 0 Å².